The molecule has 4 nitrogen and oxygen atoms in total. The number of carbonyl (C=O) groups excluding carboxylic acids is 1. The summed E-state index contributed by atoms with van der Waals surface area (Å²) in [5.41, 5.74) is 3.16. The molecule has 1 aromatic heterocycles. The first kappa shape index (κ1) is 14.1. The topological polar surface area (TPSA) is 51.2 Å². The Kier molecular flexibility index (Phi) is 3.92. The lowest BCUT2D eigenvalue weighted by Gasteiger charge is -2.26. The first-order chi connectivity index (χ1) is 10.2. The number of ether oxygens (including phenoxy) is 1. The third-order valence-electron chi connectivity index (χ3n) is 3.84. The molecule has 1 unspecified atom stereocenters. The maximum Gasteiger partial charge on any atom is 0.357 e. The van der Waals surface area contributed by atoms with E-state index in [9.17, 15) is 4.79 Å². The lowest BCUT2D eigenvalue weighted by molar-refractivity contribution is 0.0594. The van der Waals surface area contributed by atoms with E-state index in [4.69, 9.17) is 4.74 Å². The van der Waals surface area contributed by atoms with Crippen molar-refractivity contribution in [2.45, 2.75) is 32.2 Å². The van der Waals surface area contributed by atoms with Crippen molar-refractivity contribution < 1.29 is 9.53 Å². The van der Waals surface area contributed by atoms with Gasteiger partial charge >= 0.3 is 5.97 Å². The zero-order chi connectivity index (χ0) is 14.8. The van der Waals surface area contributed by atoms with Crippen LogP contribution in [0.3, 0.4) is 0 Å². The van der Waals surface area contributed by atoms with Crippen LogP contribution in [-0.4, -0.2) is 18.1 Å². The number of nitrogens with zero attached hydrogens (tertiary/aromatic N) is 1. The Labute approximate surface area is 128 Å². The van der Waals surface area contributed by atoms with Gasteiger partial charge in [0.25, 0.3) is 0 Å². The Morgan fingerprint density at radius 1 is 1.43 bits per heavy atom. The summed E-state index contributed by atoms with van der Waals surface area (Å²) in [7, 11) is 1.38. The van der Waals surface area contributed by atoms with Gasteiger partial charge in [-0.2, -0.15) is 0 Å². The molecule has 0 fully saturated rings. The van der Waals surface area contributed by atoms with E-state index < -0.39 is 0 Å². The number of aryl methyl sites for hydroxylation is 2. The predicted octanol–water partition coefficient (Wildman–Crippen LogP) is 3.73. The lowest BCUT2D eigenvalue weighted by atomic mass is 9.88. The third kappa shape index (κ3) is 2.78. The molecule has 0 amide bonds. The molecule has 1 N–H and O–H groups in total. The van der Waals surface area contributed by atoms with Gasteiger partial charge in [-0.25, -0.2) is 9.78 Å². The molecule has 0 radical (unpaired) electrons. The molecule has 110 valence electrons. The molecule has 1 aromatic carbocycles. The summed E-state index contributed by atoms with van der Waals surface area (Å²) in [5.74, 6) is -0.374. The molecule has 0 saturated carbocycles. The maximum absolute atomic E-state index is 11.6. The van der Waals surface area contributed by atoms with Crippen LogP contribution in [-0.2, 0) is 11.2 Å². The lowest BCUT2D eigenvalue weighted by Crippen LogP contribution is -2.17. The van der Waals surface area contributed by atoms with Crippen molar-refractivity contribution in [1.82, 2.24) is 4.98 Å². The standard InChI is InChI=1S/C16H18N2O2S/c1-10-14(15(19)20-2)18-16(21-10)17-13-9-5-7-11-6-3-4-8-12(11)13/h3-4,6,8,13H,5,7,9H2,1-2H3,(H,17,18). The zero-order valence-corrected chi connectivity index (χ0v) is 13.0. The Bertz CT molecular complexity index is 666. The fraction of sp³-hybridized carbons (Fsp3) is 0.375. The van der Waals surface area contributed by atoms with Gasteiger partial charge in [0, 0.05) is 4.88 Å². The number of thiazole rings is 1. The molecule has 0 spiro atoms. The highest BCUT2D eigenvalue weighted by Crippen LogP contribution is 2.34. The van der Waals surface area contributed by atoms with E-state index >= 15 is 0 Å². The molecule has 1 aliphatic rings. The monoisotopic (exact) mass is 302 g/mol. The van der Waals surface area contributed by atoms with E-state index in [1.807, 2.05) is 6.92 Å². The SMILES string of the molecule is COC(=O)c1nc(NC2CCCc3ccccc32)sc1C. The van der Waals surface area contributed by atoms with Crippen LogP contribution in [0.15, 0.2) is 24.3 Å². The van der Waals surface area contributed by atoms with Gasteiger partial charge in [-0.3, -0.25) is 0 Å². The van der Waals surface area contributed by atoms with Crippen molar-refractivity contribution in [3.8, 4) is 0 Å². The number of rotatable bonds is 3. The fourth-order valence-corrected chi connectivity index (χ4v) is 3.65. The van der Waals surface area contributed by atoms with E-state index in [0.29, 0.717) is 5.69 Å². The summed E-state index contributed by atoms with van der Waals surface area (Å²) in [6.07, 6.45) is 3.39. The highest BCUT2D eigenvalue weighted by Gasteiger charge is 2.22. The zero-order valence-electron chi connectivity index (χ0n) is 12.2. The smallest absolute Gasteiger partial charge is 0.357 e. The second kappa shape index (κ2) is 5.85. The van der Waals surface area contributed by atoms with E-state index in [-0.39, 0.29) is 12.0 Å². The van der Waals surface area contributed by atoms with Gasteiger partial charge in [-0.15, -0.1) is 11.3 Å². The van der Waals surface area contributed by atoms with Crippen molar-refractivity contribution in [2.75, 3.05) is 12.4 Å². The van der Waals surface area contributed by atoms with Crippen molar-refractivity contribution >= 4 is 22.4 Å². The summed E-state index contributed by atoms with van der Waals surface area (Å²) >= 11 is 1.50. The number of fused-ring (bicyclic) bond motifs is 1. The number of aromatic nitrogens is 1. The second-order valence-electron chi connectivity index (χ2n) is 5.20. The number of hydrogen-bond donors (Lipinski definition) is 1. The summed E-state index contributed by atoms with van der Waals surface area (Å²) in [6, 6.07) is 8.80. The van der Waals surface area contributed by atoms with Gasteiger partial charge < -0.3 is 10.1 Å². The molecule has 0 bridgehead atoms. The van der Waals surface area contributed by atoms with E-state index in [1.54, 1.807) is 0 Å². The molecule has 2 aromatic rings. The summed E-state index contributed by atoms with van der Waals surface area (Å²) < 4.78 is 4.75. The Morgan fingerprint density at radius 3 is 3.05 bits per heavy atom. The Balaban J connectivity index is 1.84. The minimum atomic E-state index is -0.374. The third-order valence-corrected chi connectivity index (χ3v) is 4.74. The molecule has 5 heteroatoms. The quantitative estimate of drug-likeness (QED) is 0.878. The molecule has 21 heavy (non-hydrogen) atoms. The van der Waals surface area contributed by atoms with E-state index in [1.165, 1.54) is 36.0 Å². The highest BCUT2D eigenvalue weighted by molar-refractivity contribution is 7.15. The number of hydrogen-bond acceptors (Lipinski definition) is 5. The predicted molar refractivity (Wildman–Crippen MR) is 83.9 cm³/mol. The van der Waals surface area contributed by atoms with Crippen LogP contribution in [0.4, 0.5) is 5.13 Å². The van der Waals surface area contributed by atoms with Crippen LogP contribution in [0.2, 0.25) is 0 Å². The first-order valence-electron chi connectivity index (χ1n) is 7.09. The van der Waals surface area contributed by atoms with E-state index in [2.05, 4.69) is 34.6 Å². The molecule has 3 rings (SSSR count). The number of methoxy groups -OCH3 is 1. The van der Waals surface area contributed by atoms with E-state index in [0.717, 1.165) is 22.9 Å². The fourth-order valence-electron chi connectivity index (χ4n) is 2.80. The summed E-state index contributed by atoms with van der Waals surface area (Å²) in [5, 5.41) is 4.26. The summed E-state index contributed by atoms with van der Waals surface area (Å²) in [4.78, 5) is 16.9. The molecule has 0 aliphatic heterocycles. The highest BCUT2D eigenvalue weighted by atomic mass is 32.1. The number of carbonyl (C=O) groups is 1. The number of benzene rings is 1. The maximum atomic E-state index is 11.6. The molecular formula is C16H18N2O2S. The van der Waals surface area contributed by atoms with Gasteiger partial charge in [-0.1, -0.05) is 24.3 Å². The van der Waals surface area contributed by atoms with Crippen molar-refractivity contribution in [2.24, 2.45) is 0 Å². The largest absolute Gasteiger partial charge is 0.464 e. The normalized spacial score (nSPS) is 17.1. The molecule has 1 atom stereocenters. The molecule has 1 heterocycles. The number of esters is 1. The van der Waals surface area contributed by atoms with Gasteiger partial charge in [0.2, 0.25) is 0 Å². The second-order valence-corrected chi connectivity index (χ2v) is 6.41. The van der Waals surface area contributed by atoms with Crippen LogP contribution in [0.5, 0.6) is 0 Å². The number of nitrogens with one attached hydrogen (secondary N) is 1. The van der Waals surface area contributed by atoms with Crippen molar-refractivity contribution in [3.05, 3.63) is 46.0 Å². The van der Waals surface area contributed by atoms with Gasteiger partial charge in [0.15, 0.2) is 10.8 Å². The first-order valence-corrected chi connectivity index (χ1v) is 7.90. The minimum Gasteiger partial charge on any atom is -0.464 e. The number of anilines is 1. The van der Waals surface area contributed by atoms with Crippen LogP contribution >= 0.6 is 11.3 Å². The summed E-state index contributed by atoms with van der Waals surface area (Å²) in [6.45, 7) is 1.89. The van der Waals surface area contributed by atoms with Crippen LogP contribution in [0.25, 0.3) is 0 Å². The minimum absolute atomic E-state index is 0.269. The van der Waals surface area contributed by atoms with Crippen LogP contribution in [0, 0.1) is 6.92 Å². The van der Waals surface area contributed by atoms with Gasteiger partial charge in [0.05, 0.1) is 13.2 Å². The van der Waals surface area contributed by atoms with Gasteiger partial charge in [0.1, 0.15) is 0 Å². The Morgan fingerprint density at radius 2 is 2.24 bits per heavy atom. The van der Waals surface area contributed by atoms with Gasteiger partial charge in [-0.05, 0) is 37.3 Å². The average molecular weight is 302 g/mol. The van der Waals surface area contributed by atoms with Crippen LogP contribution in [0.1, 0.15) is 45.4 Å². The molecular weight excluding hydrogens is 284 g/mol. The van der Waals surface area contributed by atoms with Crippen LogP contribution < -0.4 is 5.32 Å². The van der Waals surface area contributed by atoms with Crippen molar-refractivity contribution in [3.63, 3.8) is 0 Å². The van der Waals surface area contributed by atoms with Crippen molar-refractivity contribution in [1.29, 1.82) is 0 Å². The molecule has 0 saturated heterocycles. The molecule has 1 aliphatic carbocycles. The Hall–Kier alpha value is -1.88. The average Bonchev–Trinajstić information content (AvgIpc) is 2.87.